The highest BCUT2D eigenvalue weighted by Gasteiger charge is 2.14. The van der Waals surface area contributed by atoms with Crippen LogP contribution in [0.4, 0.5) is 11.4 Å². The van der Waals surface area contributed by atoms with E-state index in [0.717, 1.165) is 43.2 Å². The fourth-order valence-corrected chi connectivity index (χ4v) is 3.29. The van der Waals surface area contributed by atoms with Crippen molar-refractivity contribution in [3.05, 3.63) is 90.0 Å². The van der Waals surface area contributed by atoms with Crippen LogP contribution in [-0.2, 0) is 11.3 Å². The molecule has 3 aromatic rings. The minimum absolute atomic E-state index is 0.187. The molecule has 1 N–H and O–H groups in total. The molecule has 1 amide bonds. The van der Waals surface area contributed by atoms with Gasteiger partial charge in [0, 0.05) is 24.5 Å². The van der Waals surface area contributed by atoms with Crippen molar-refractivity contribution in [1.29, 1.82) is 0 Å². The molecular weight excluding hydrogens is 364 g/mol. The van der Waals surface area contributed by atoms with Crippen LogP contribution in [0.15, 0.2) is 78.9 Å². The van der Waals surface area contributed by atoms with Crippen molar-refractivity contribution >= 4 is 17.3 Å². The van der Waals surface area contributed by atoms with Crippen molar-refractivity contribution in [1.82, 2.24) is 0 Å². The smallest absolute Gasteiger partial charge is 0.259 e. The Hall–Kier alpha value is -3.31. The van der Waals surface area contributed by atoms with Gasteiger partial charge in [-0.25, -0.2) is 0 Å². The van der Waals surface area contributed by atoms with Gasteiger partial charge < -0.3 is 19.7 Å². The number of ether oxygens (including phenoxy) is 2. The molecule has 0 bridgehead atoms. The van der Waals surface area contributed by atoms with Crippen molar-refractivity contribution in [2.24, 2.45) is 0 Å². The van der Waals surface area contributed by atoms with Gasteiger partial charge in [-0.05, 0) is 42.0 Å². The molecule has 5 heteroatoms. The lowest BCUT2D eigenvalue weighted by atomic mass is 10.1. The largest absolute Gasteiger partial charge is 0.488 e. The van der Waals surface area contributed by atoms with E-state index in [1.165, 1.54) is 0 Å². The highest BCUT2D eigenvalue weighted by molar-refractivity contribution is 6.06. The number of nitrogens with one attached hydrogen (secondary N) is 1. The van der Waals surface area contributed by atoms with Crippen LogP contribution in [0.5, 0.6) is 5.75 Å². The van der Waals surface area contributed by atoms with Crippen LogP contribution in [-0.4, -0.2) is 32.2 Å². The minimum Gasteiger partial charge on any atom is -0.488 e. The highest BCUT2D eigenvalue weighted by Crippen LogP contribution is 2.23. The van der Waals surface area contributed by atoms with Gasteiger partial charge in [0.25, 0.3) is 5.91 Å². The molecule has 0 unspecified atom stereocenters. The lowest BCUT2D eigenvalue weighted by Crippen LogP contribution is -2.36. The maximum Gasteiger partial charge on any atom is 0.259 e. The van der Waals surface area contributed by atoms with E-state index in [4.69, 9.17) is 9.47 Å². The van der Waals surface area contributed by atoms with E-state index < -0.39 is 0 Å². The molecule has 1 saturated heterocycles. The summed E-state index contributed by atoms with van der Waals surface area (Å²) in [5.74, 6) is 0.381. The van der Waals surface area contributed by atoms with E-state index >= 15 is 0 Å². The molecule has 1 fully saturated rings. The SMILES string of the molecule is O=C(Nc1ccc(N2CCOCC2)cc1)c1ccccc1OCc1ccccc1. The number of para-hydroxylation sites is 1. The lowest BCUT2D eigenvalue weighted by Gasteiger charge is -2.28. The van der Waals surface area contributed by atoms with Crippen molar-refractivity contribution in [2.75, 3.05) is 36.5 Å². The number of hydrogen-bond donors (Lipinski definition) is 1. The number of carbonyl (C=O) groups is 1. The maximum atomic E-state index is 12.8. The quantitative estimate of drug-likeness (QED) is 0.682. The number of morpholine rings is 1. The predicted molar refractivity (Wildman–Crippen MR) is 115 cm³/mol. The monoisotopic (exact) mass is 388 g/mol. The van der Waals surface area contributed by atoms with E-state index in [1.54, 1.807) is 6.07 Å². The Labute approximate surface area is 170 Å². The number of benzene rings is 3. The Bertz CT molecular complexity index is 936. The van der Waals surface area contributed by atoms with Crippen molar-refractivity contribution in [2.45, 2.75) is 6.61 Å². The highest BCUT2D eigenvalue weighted by atomic mass is 16.5. The van der Waals surface area contributed by atoms with Gasteiger partial charge in [0.05, 0.1) is 18.8 Å². The summed E-state index contributed by atoms with van der Waals surface area (Å²) in [4.78, 5) is 15.1. The molecule has 5 nitrogen and oxygen atoms in total. The summed E-state index contributed by atoms with van der Waals surface area (Å²) in [6.07, 6.45) is 0. The summed E-state index contributed by atoms with van der Waals surface area (Å²) in [5, 5.41) is 2.96. The zero-order chi connectivity index (χ0) is 19.9. The Morgan fingerprint density at radius 2 is 1.59 bits per heavy atom. The van der Waals surface area contributed by atoms with Crippen LogP contribution in [0.25, 0.3) is 0 Å². The predicted octanol–water partition coefficient (Wildman–Crippen LogP) is 4.35. The number of amides is 1. The molecule has 29 heavy (non-hydrogen) atoms. The number of hydrogen-bond acceptors (Lipinski definition) is 4. The normalized spacial score (nSPS) is 13.7. The van der Waals surface area contributed by atoms with E-state index in [0.29, 0.717) is 17.9 Å². The van der Waals surface area contributed by atoms with Crippen LogP contribution in [0.3, 0.4) is 0 Å². The first kappa shape index (κ1) is 19.0. The molecule has 1 heterocycles. The first-order valence-electron chi connectivity index (χ1n) is 9.79. The van der Waals surface area contributed by atoms with Gasteiger partial charge in [-0.1, -0.05) is 42.5 Å². The molecule has 0 atom stereocenters. The van der Waals surface area contributed by atoms with Crippen LogP contribution >= 0.6 is 0 Å². The molecule has 0 spiro atoms. The summed E-state index contributed by atoms with van der Waals surface area (Å²) in [5.41, 5.74) is 3.46. The van der Waals surface area contributed by atoms with E-state index in [-0.39, 0.29) is 5.91 Å². The third-order valence-corrected chi connectivity index (χ3v) is 4.87. The summed E-state index contributed by atoms with van der Waals surface area (Å²) in [7, 11) is 0. The van der Waals surface area contributed by atoms with Crippen molar-refractivity contribution in [3.63, 3.8) is 0 Å². The molecule has 0 radical (unpaired) electrons. The zero-order valence-corrected chi connectivity index (χ0v) is 16.2. The van der Waals surface area contributed by atoms with Crippen molar-refractivity contribution < 1.29 is 14.3 Å². The van der Waals surface area contributed by atoms with Gasteiger partial charge >= 0.3 is 0 Å². The Kier molecular flexibility index (Phi) is 6.07. The van der Waals surface area contributed by atoms with Crippen LogP contribution in [0.1, 0.15) is 15.9 Å². The molecule has 0 aliphatic carbocycles. The number of anilines is 2. The average molecular weight is 388 g/mol. The van der Waals surface area contributed by atoms with Gasteiger partial charge in [-0.2, -0.15) is 0 Å². The third-order valence-electron chi connectivity index (χ3n) is 4.87. The molecule has 1 aliphatic heterocycles. The van der Waals surface area contributed by atoms with Gasteiger partial charge in [-0.3, -0.25) is 4.79 Å². The molecule has 3 aromatic carbocycles. The zero-order valence-electron chi connectivity index (χ0n) is 16.2. The second kappa shape index (κ2) is 9.26. The summed E-state index contributed by atoms with van der Waals surface area (Å²) < 4.78 is 11.3. The Balaban J connectivity index is 1.41. The van der Waals surface area contributed by atoms with Crippen LogP contribution < -0.4 is 15.0 Å². The first-order chi connectivity index (χ1) is 14.3. The molecule has 148 valence electrons. The maximum absolute atomic E-state index is 12.8. The molecule has 4 rings (SSSR count). The Morgan fingerprint density at radius 1 is 0.897 bits per heavy atom. The first-order valence-corrected chi connectivity index (χ1v) is 9.79. The number of rotatable bonds is 6. The third kappa shape index (κ3) is 4.95. The lowest BCUT2D eigenvalue weighted by molar-refractivity contribution is 0.102. The summed E-state index contributed by atoms with van der Waals surface area (Å²) in [6.45, 7) is 3.69. The second-order valence-corrected chi connectivity index (χ2v) is 6.87. The molecule has 1 aliphatic rings. The second-order valence-electron chi connectivity index (χ2n) is 6.87. The average Bonchev–Trinajstić information content (AvgIpc) is 2.80. The minimum atomic E-state index is -0.187. The van der Waals surface area contributed by atoms with Gasteiger partial charge in [0.2, 0.25) is 0 Å². The summed E-state index contributed by atoms with van der Waals surface area (Å²) in [6, 6.07) is 25.1. The van der Waals surface area contributed by atoms with E-state index in [9.17, 15) is 4.79 Å². The Morgan fingerprint density at radius 3 is 2.34 bits per heavy atom. The molecular formula is C24H24N2O3. The van der Waals surface area contributed by atoms with Gasteiger partial charge in [0.15, 0.2) is 0 Å². The standard InChI is InChI=1S/C24H24N2O3/c27-24(25-20-10-12-21(13-11-20)26-14-16-28-17-15-26)22-8-4-5-9-23(22)29-18-19-6-2-1-3-7-19/h1-13H,14-18H2,(H,25,27). The molecule has 0 saturated carbocycles. The number of carbonyl (C=O) groups excluding carboxylic acids is 1. The van der Waals surface area contributed by atoms with Crippen LogP contribution in [0, 0.1) is 0 Å². The fraction of sp³-hybridized carbons (Fsp3) is 0.208. The van der Waals surface area contributed by atoms with Crippen molar-refractivity contribution in [3.8, 4) is 5.75 Å². The van der Waals surface area contributed by atoms with Crippen LogP contribution in [0.2, 0.25) is 0 Å². The molecule has 0 aromatic heterocycles. The van der Waals surface area contributed by atoms with E-state index in [2.05, 4.69) is 10.2 Å². The summed E-state index contributed by atoms with van der Waals surface area (Å²) >= 11 is 0. The van der Waals surface area contributed by atoms with Gasteiger partial charge in [0.1, 0.15) is 12.4 Å². The van der Waals surface area contributed by atoms with E-state index in [1.807, 2.05) is 72.8 Å². The topological polar surface area (TPSA) is 50.8 Å². The number of nitrogens with zero attached hydrogens (tertiary/aromatic N) is 1. The van der Waals surface area contributed by atoms with Gasteiger partial charge in [-0.15, -0.1) is 0 Å². The fourth-order valence-electron chi connectivity index (χ4n) is 3.29.